The number of hydrogen-bond donors (Lipinski definition) is 3. The first-order chi connectivity index (χ1) is 16.4. The second-order valence-electron chi connectivity index (χ2n) is 10.5. The van der Waals surface area contributed by atoms with Gasteiger partial charge in [-0.15, -0.1) is 12.4 Å². The van der Waals surface area contributed by atoms with E-state index in [9.17, 15) is 17.9 Å². The van der Waals surface area contributed by atoms with Gasteiger partial charge in [-0.2, -0.15) is 0 Å². The van der Waals surface area contributed by atoms with Crippen LogP contribution in [0.3, 0.4) is 0 Å². The van der Waals surface area contributed by atoms with Crippen molar-refractivity contribution >= 4 is 27.9 Å². The van der Waals surface area contributed by atoms with Crippen LogP contribution in [0, 0.1) is 11.7 Å². The van der Waals surface area contributed by atoms with Crippen molar-refractivity contribution in [2.24, 2.45) is 5.92 Å². The van der Waals surface area contributed by atoms with Gasteiger partial charge in [0.05, 0.1) is 35.8 Å². The van der Waals surface area contributed by atoms with E-state index in [1.165, 1.54) is 24.2 Å². The van der Waals surface area contributed by atoms with Gasteiger partial charge in [-0.1, -0.05) is 45.0 Å². The molecule has 0 unspecified atom stereocenters. The SMILES string of the molecule is CC(C)(C)c1cccc(CN[C@H]2CS(=O)(=O)C[C@@H](Cc3cc(F)c(N)c(-c4ccoc4)c3)[C@@H]2O)c1.Cl. The van der Waals surface area contributed by atoms with E-state index in [2.05, 4.69) is 38.2 Å². The minimum atomic E-state index is -3.40. The normalized spacial score (nSPS) is 21.6. The van der Waals surface area contributed by atoms with Crippen molar-refractivity contribution in [2.45, 2.75) is 51.3 Å². The second-order valence-corrected chi connectivity index (χ2v) is 12.7. The summed E-state index contributed by atoms with van der Waals surface area (Å²) >= 11 is 0. The lowest BCUT2D eigenvalue weighted by atomic mass is 9.86. The Morgan fingerprint density at radius 1 is 1.14 bits per heavy atom. The highest BCUT2D eigenvalue weighted by atomic mass is 35.5. The first kappa shape index (κ1) is 28.2. The summed E-state index contributed by atoms with van der Waals surface area (Å²) < 4.78 is 45.1. The Labute approximate surface area is 218 Å². The highest BCUT2D eigenvalue weighted by Crippen LogP contribution is 2.32. The minimum absolute atomic E-state index is 0. The Bertz CT molecular complexity index is 1290. The highest BCUT2D eigenvalue weighted by Gasteiger charge is 2.39. The Balaban J connectivity index is 0.00000361. The fourth-order valence-electron chi connectivity index (χ4n) is 4.70. The number of furan rings is 1. The van der Waals surface area contributed by atoms with E-state index < -0.39 is 33.7 Å². The van der Waals surface area contributed by atoms with Gasteiger partial charge >= 0.3 is 0 Å². The van der Waals surface area contributed by atoms with Gasteiger partial charge in [0.15, 0.2) is 9.84 Å². The summed E-state index contributed by atoms with van der Waals surface area (Å²) in [5, 5.41) is 14.4. The first-order valence-corrected chi connectivity index (χ1v) is 13.6. The number of aliphatic hydroxyl groups is 1. The van der Waals surface area contributed by atoms with Gasteiger partial charge in [-0.3, -0.25) is 0 Å². The Kier molecular flexibility index (Phi) is 8.55. The van der Waals surface area contributed by atoms with E-state index >= 15 is 0 Å². The summed E-state index contributed by atoms with van der Waals surface area (Å²) in [5.74, 6) is -1.45. The molecule has 4 rings (SSSR count). The van der Waals surface area contributed by atoms with Gasteiger partial charge in [0.2, 0.25) is 0 Å². The van der Waals surface area contributed by atoms with Crippen molar-refractivity contribution in [3.8, 4) is 11.1 Å². The van der Waals surface area contributed by atoms with Crippen molar-refractivity contribution < 1.29 is 22.3 Å². The lowest BCUT2D eigenvalue weighted by Gasteiger charge is -2.35. The number of aliphatic hydroxyl groups excluding tert-OH is 1. The number of nitrogen functional groups attached to an aromatic ring is 1. The molecule has 36 heavy (non-hydrogen) atoms. The van der Waals surface area contributed by atoms with Gasteiger partial charge in [0, 0.05) is 29.6 Å². The lowest BCUT2D eigenvalue weighted by Crippen LogP contribution is -2.54. The standard InChI is InChI=1S/C27H33FN2O4S.ClH/c1-27(2,3)21-6-4-5-17(10-21)13-30-24-16-35(32,33)15-20(26(24)31)9-18-11-22(19-7-8-34-14-19)25(29)23(28)12-18;/h4-8,10-12,14,20,24,26,30-31H,9,13,15-16,29H2,1-3H3;1H/t20-,24+,26+;/m1./s1. The molecule has 3 aromatic rings. The molecule has 9 heteroatoms. The van der Waals surface area contributed by atoms with Crippen LogP contribution in [-0.4, -0.2) is 37.2 Å². The van der Waals surface area contributed by atoms with Crippen LogP contribution in [0.5, 0.6) is 0 Å². The van der Waals surface area contributed by atoms with Gasteiger partial charge in [0.25, 0.3) is 0 Å². The van der Waals surface area contributed by atoms with E-state index in [0.29, 0.717) is 23.2 Å². The average molecular weight is 537 g/mol. The molecule has 4 N–H and O–H groups in total. The summed E-state index contributed by atoms with van der Waals surface area (Å²) in [6.07, 6.45) is 2.26. The van der Waals surface area contributed by atoms with Crippen LogP contribution in [-0.2, 0) is 28.2 Å². The smallest absolute Gasteiger partial charge is 0.152 e. The van der Waals surface area contributed by atoms with Gasteiger partial charge in [-0.25, -0.2) is 12.8 Å². The maximum Gasteiger partial charge on any atom is 0.152 e. The highest BCUT2D eigenvalue weighted by molar-refractivity contribution is 7.91. The number of nitrogens with two attached hydrogens (primary N) is 1. The monoisotopic (exact) mass is 536 g/mol. The van der Waals surface area contributed by atoms with Crippen molar-refractivity contribution in [3.05, 3.63) is 77.5 Å². The Hall–Kier alpha value is -2.39. The molecule has 1 aromatic heterocycles. The molecule has 1 fully saturated rings. The average Bonchev–Trinajstić information content (AvgIpc) is 3.31. The van der Waals surface area contributed by atoms with Crippen LogP contribution in [0.25, 0.3) is 11.1 Å². The fraction of sp³-hybridized carbons (Fsp3) is 0.407. The Morgan fingerprint density at radius 3 is 2.56 bits per heavy atom. The van der Waals surface area contributed by atoms with E-state index in [4.69, 9.17) is 10.2 Å². The number of halogens is 2. The molecule has 2 heterocycles. The largest absolute Gasteiger partial charge is 0.472 e. The van der Waals surface area contributed by atoms with Crippen molar-refractivity contribution in [1.29, 1.82) is 0 Å². The van der Waals surface area contributed by atoms with E-state index in [1.54, 1.807) is 12.1 Å². The van der Waals surface area contributed by atoms with Crippen molar-refractivity contribution in [2.75, 3.05) is 17.2 Å². The third-order valence-electron chi connectivity index (χ3n) is 6.68. The number of hydrogen-bond acceptors (Lipinski definition) is 6. The number of rotatable bonds is 6. The molecule has 1 aliphatic rings. The lowest BCUT2D eigenvalue weighted by molar-refractivity contribution is 0.0781. The van der Waals surface area contributed by atoms with E-state index in [0.717, 1.165) is 5.56 Å². The van der Waals surface area contributed by atoms with E-state index in [-0.39, 0.29) is 41.4 Å². The molecule has 0 aliphatic carbocycles. The maximum atomic E-state index is 14.6. The first-order valence-electron chi connectivity index (χ1n) is 11.7. The van der Waals surface area contributed by atoms with Crippen LogP contribution in [0.1, 0.15) is 37.5 Å². The molecular weight excluding hydrogens is 503 g/mol. The summed E-state index contributed by atoms with van der Waals surface area (Å²) in [5.41, 5.74) is 9.83. The van der Waals surface area contributed by atoms with Crippen molar-refractivity contribution in [3.63, 3.8) is 0 Å². The summed E-state index contributed by atoms with van der Waals surface area (Å²) in [6, 6.07) is 12.3. The maximum absolute atomic E-state index is 14.6. The molecule has 0 amide bonds. The molecule has 0 spiro atoms. The molecule has 2 aromatic carbocycles. The van der Waals surface area contributed by atoms with E-state index in [1.807, 2.05) is 12.1 Å². The summed E-state index contributed by atoms with van der Waals surface area (Å²) in [6.45, 7) is 6.86. The second kappa shape index (κ2) is 10.9. The van der Waals surface area contributed by atoms with Gasteiger partial charge in [-0.05, 0) is 46.7 Å². The van der Waals surface area contributed by atoms with Gasteiger partial charge < -0.3 is 20.6 Å². The molecule has 196 valence electrons. The summed E-state index contributed by atoms with van der Waals surface area (Å²) in [7, 11) is -3.40. The molecule has 6 nitrogen and oxygen atoms in total. The quantitative estimate of drug-likeness (QED) is 0.401. The molecule has 1 saturated heterocycles. The summed E-state index contributed by atoms with van der Waals surface area (Å²) in [4.78, 5) is 0. The number of benzene rings is 2. The molecule has 0 saturated carbocycles. The third-order valence-corrected chi connectivity index (χ3v) is 8.48. The molecule has 3 atom stereocenters. The van der Waals surface area contributed by atoms with Gasteiger partial charge in [0.1, 0.15) is 5.82 Å². The zero-order chi connectivity index (χ0) is 25.4. The molecule has 0 radical (unpaired) electrons. The Morgan fingerprint density at radius 2 is 1.89 bits per heavy atom. The van der Waals surface area contributed by atoms with Crippen LogP contribution in [0.4, 0.5) is 10.1 Å². The zero-order valence-electron chi connectivity index (χ0n) is 20.7. The van der Waals surface area contributed by atoms with Crippen LogP contribution >= 0.6 is 12.4 Å². The van der Waals surface area contributed by atoms with Crippen molar-refractivity contribution in [1.82, 2.24) is 5.32 Å². The number of anilines is 1. The number of nitrogens with one attached hydrogen (secondary N) is 1. The molecule has 1 aliphatic heterocycles. The third kappa shape index (κ3) is 6.48. The number of sulfone groups is 1. The molecule has 0 bridgehead atoms. The topological polar surface area (TPSA) is 106 Å². The van der Waals surface area contributed by atoms with Crippen LogP contribution in [0.15, 0.2) is 59.4 Å². The van der Waals surface area contributed by atoms with Crippen LogP contribution < -0.4 is 11.1 Å². The van der Waals surface area contributed by atoms with Crippen LogP contribution in [0.2, 0.25) is 0 Å². The predicted octanol–water partition coefficient (Wildman–Crippen LogP) is 4.49. The predicted molar refractivity (Wildman–Crippen MR) is 143 cm³/mol. The fourth-order valence-corrected chi connectivity index (χ4v) is 6.67. The molecular formula is C27H34ClFN2O4S. The zero-order valence-corrected chi connectivity index (χ0v) is 22.3. The minimum Gasteiger partial charge on any atom is -0.472 e.